The highest BCUT2D eigenvalue weighted by Gasteiger charge is 2.28. The third kappa shape index (κ3) is 4.68. The second-order valence-electron chi connectivity index (χ2n) is 7.34. The van der Waals surface area contributed by atoms with Crippen LogP contribution in [-0.2, 0) is 16.6 Å². The highest BCUT2D eigenvalue weighted by atomic mass is 19.1. The zero-order chi connectivity index (χ0) is 19.5. The lowest BCUT2D eigenvalue weighted by atomic mass is 9.95. The van der Waals surface area contributed by atoms with E-state index < -0.39 is 23.3 Å². The first-order valence-corrected chi connectivity index (χ1v) is 8.43. The molecule has 26 heavy (non-hydrogen) atoms. The largest absolute Gasteiger partial charge is 0.344 e. The molecule has 0 bridgehead atoms. The van der Waals surface area contributed by atoms with Crippen LogP contribution in [0.1, 0.15) is 45.1 Å². The number of carbonyl (C=O) groups is 2. The molecule has 1 aromatic carbocycles. The molecule has 0 saturated heterocycles. The van der Waals surface area contributed by atoms with Crippen LogP contribution in [0.25, 0.3) is 0 Å². The van der Waals surface area contributed by atoms with Gasteiger partial charge in [0.2, 0.25) is 11.8 Å². The summed E-state index contributed by atoms with van der Waals surface area (Å²) >= 11 is 0. The second-order valence-corrected chi connectivity index (χ2v) is 7.34. The molecule has 6 nitrogen and oxygen atoms in total. The van der Waals surface area contributed by atoms with E-state index in [2.05, 4.69) is 15.6 Å². The molecule has 1 aromatic heterocycles. The Bertz CT molecular complexity index is 795. The van der Waals surface area contributed by atoms with Crippen LogP contribution in [0.4, 0.5) is 4.39 Å². The Kier molecular flexibility index (Phi) is 5.79. The van der Waals surface area contributed by atoms with Crippen molar-refractivity contribution in [3.05, 3.63) is 53.9 Å². The number of hydrogen-bond acceptors (Lipinski definition) is 3. The number of nitrogens with one attached hydrogen (secondary N) is 2. The predicted octanol–water partition coefficient (Wildman–Crippen LogP) is 2.32. The molecule has 0 spiro atoms. The van der Waals surface area contributed by atoms with Gasteiger partial charge in [0.25, 0.3) is 0 Å². The highest BCUT2D eigenvalue weighted by molar-refractivity contribution is 5.89. The minimum atomic E-state index is -0.738. The van der Waals surface area contributed by atoms with Crippen molar-refractivity contribution in [1.29, 1.82) is 0 Å². The molecule has 0 radical (unpaired) electrons. The van der Waals surface area contributed by atoms with Gasteiger partial charge >= 0.3 is 0 Å². The van der Waals surface area contributed by atoms with Crippen molar-refractivity contribution in [2.75, 3.05) is 0 Å². The fraction of sp³-hybridized carbons (Fsp3) is 0.421. The summed E-state index contributed by atoms with van der Waals surface area (Å²) in [6.45, 7) is 6.93. The number of aromatic nitrogens is 2. The van der Waals surface area contributed by atoms with E-state index in [-0.39, 0.29) is 11.8 Å². The van der Waals surface area contributed by atoms with E-state index in [0.29, 0.717) is 11.4 Å². The fourth-order valence-corrected chi connectivity index (χ4v) is 2.38. The number of hydrogen-bond donors (Lipinski definition) is 2. The van der Waals surface area contributed by atoms with E-state index in [1.54, 1.807) is 63.8 Å². The average Bonchev–Trinajstić information content (AvgIpc) is 2.97. The van der Waals surface area contributed by atoms with Crippen molar-refractivity contribution >= 4 is 11.8 Å². The molecule has 2 amide bonds. The van der Waals surface area contributed by atoms with Gasteiger partial charge in [0.15, 0.2) is 0 Å². The van der Waals surface area contributed by atoms with Crippen LogP contribution in [0.2, 0.25) is 0 Å². The van der Waals surface area contributed by atoms with E-state index in [1.807, 2.05) is 0 Å². The predicted molar refractivity (Wildman–Crippen MR) is 96.7 cm³/mol. The molecular formula is C19H25FN4O2. The normalized spacial score (nSPS) is 13.8. The van der Waals surface area contributed by atoms with E-state index >= 15 is 0 Å². The number of nitrogens with zero attached hydrogens (tertiary/aromatic N) is 2. The number of aryl methyl sites for hydroxylation is 1. The molecule has 0 aliphatic rings. The molecule has 2 N–H and O–H groups in total. The Morgan fingerprint density at radius 2 is 1.92 bits per heavy atom. The third-order valence-corrected chi connectivity index (χ3v) is 4.01. The van der Waals surface area contributed by atoms with Crippen molar-refractivity contribution in [1.82, 2.24) is 20.2 Å². The van der Waals surface area contributed by atoms with Gasteiger partial charge in [-0.3, -0.25) is 9.59 Å². The maximum absolute atomic E-state index is 13.7. The Morgan fingerprint density at radius 1 is 1.23 bits per heavy atom. The summed E-state index contributed by atoms with van der Waals surface area (Å²) in [5.74, 6) is -0.428. The van der Waals surface area contributed by atoms with Gasteiger partial charge in [0.1, 0.15) is 23.7 Å². The maximum Gasteiger partial charge on any atom is 0.243 e. The van der Waals surface area contributed by atoms with Crippen molar-refractivity contribution in [2.24, 2.45) is 12.5 Å². The minimum absolute atomic E-state index is 0.223. The Labute approximate surface area is 152 Å². The summed E-state index contributed by atoms with van der Waals surface area (Å²) in [6.07, 6.45) is 3.36. The molecule has 7 heteroatoms. The van der Waals surface area contributed by atoms with E-state index in [1.165, 1.54) is 12.1 Å². The monoisotopic (exact) mass is 360 g/mol. The van der Waals surface area contributed by atoms with Crippen molar-refractivity contribution < 1.29 is 14.0 Å². The lowest BCUT2D eigenvalue weighted by molar-refractivity contribution is -0.133. The lowest BCUT2D eigenvalue weighted by Crippen LogP contribution is -2.49. The Balaban J connectivity index is 2.23. The molecule has 0 unspecified atom stereocenters. The molecule has 0 fully saturated rings. The summed E-state index contributed by atoms with van der Waals surface area (Å²) < 4.78 is 15.4. The molecule has 0 saturated carbocycles. The van der Waals surface area contributed by atoms with E-state index in [4.69, 9.17) is 0 Å². The topological polar surface area (TPSA) is 76.0 Å². The molecule has 2 atom stereocenters. The third-order valence-electron chi connectivity index (χ3n) is 4.01. The zero-order valence-corrected chi connectivity index (χ0v) is 15.7. The van der Waals surface area contributed by atoms with Crippen LogP contribution in [0.15, 0.2) is 36.7 Å². The SMILES string of the molecule is C[C@H](NC(=O)C(C)(C)C)C(=O)N[C@H](c1cccc(F)c1)c1nccn1C. The summed E-state index contributed by atoms with van der Waals surface area (Å²) in [5, 5.41) is 5.55. The molecule has 2 rings (SSSR count). The molecule has 140 valence electrons. The number of rotatable bonds is 5. The number of imidazole rings is 1. The van der Waals surface area contributed by atoms with Crippen molar-refractivity contribution in [3.63, 3.8) is 0 Å². The Hall–Kier alpha value is -2.70. The molecular weight excluding hydrogens is 335 g/mol. The molecule has 2 aromatic rings. The summed E-state index contributed by atoms with van der Waals surface area (Å²) in [7, 11) is 1.80. The van der Waals surface area contributed by atoms with Gasteiger partial charge in [0, 0.05) is 24.9 Å². The van der Waals surface area contributed by atoms with Gasteiger partial charge in [-0.05, 0) is 24.6 Å². The van der Waals surface area contributed by atoms with Crippen LogP contribution in [0.5, 0.6) is 0 Å². The van der Waals surface area contributed by atoms with Gasteiger partial charge in [-0.15, -0.1) is 0 Å². The molecule has 0 aliphatic carbocycles. The number of halogens is 1. The first kappa shape index (κ1) is 19.6. The smallest absolute Gasteiger partial charge is 0.243 e. The van der Waals surface area contributed by atoms with Crippen LogP contribution in [0, 0.1) is 11.2 Å². The maximum atomic E-state index is 13.7. The summed E-state index contributed by atoms with van der Waals surface area (Å²) in [4.78, 5) is 29.0. The first-order chi connectivity index (χ1) is 12.1. The van der Waals surface area contributed by atoms with Gasteiger partial charge in [0.05, 0.1) is 0 Å². The quantitative estimate of drug-likeness (QED) is 0.859. The zero-order valence-electron chi connectivity index (χ0n) is 15.7. The van der Waals surface area contributed by atoms with Crippen LogP contribution < -0.4 is 10.6 Å². The summed E-state index contributed by atoms with van der Waals surface area (Å²) in [6, 6.07) is 4.63. The Morgan fingerprint density at radius 3 is 2.46 bits per heavy atom. The van der Waals surface area contributed by atoms with Crippen molar-refractivity contribution in [3.8, 4) is 0 Å². The first-order valence-electron chi connectivity index (χ1n) is 8.43. The van der Waals surface area contributed by atoms with Crippen molar-refractivity contribution in [2.45, 2.75) is 39.8 Å². The molecule has 0 aliphatic heterocycles. The summed E-state index contributed by atoms with van der Waals surface area (Å²) in [5.41, 5.74) is -0.0297. The van der Waals surface area contributed by atoms with Gasteiger partial charge < -0.3 is 15.2 Å². The van der Waals surface area contributed by atoms with Gasteiger partial charge in [-0.25, -0.2) is 9.37 Å². The lowest BCUT2D eigenvalue weighted by Gasteiger charge is -2.24. The number of amides is 2. The fourth-order valence-electron chi connectivity index (χ4n) is 2.38. The van der Waals surface area contributed by atoms with Crippen LogP contribution in [-0.4, -0.2) is 27.4 Å². The van der Waals surface area contributed by atoms with Crippen LogP contribution in [0.3, 0.4) is 0 Å². The van der Waals surface area contributed by atoms with E-state index in [9.17, 15) is 14.0 Å². The molecule has 1 heterocycles. The van der Waals surface area contributed by atoms with E-state index in [0.717, 1.165) is 0 Å². The minimum Gasteiger partial charge on any atom is -0.344 e. The average molecular weight is 360 g/mol. The number of carbonyl (C=O) groups excluding carboxylic acids is 2. The second kappa shape index (κ2) is 7.68. The number of benzene rings is 1. The van der Waals surface area contributed by atoms with Gasteiger partial charge in [-0.2, -0.15) is 0 Å². The van der Waals surface area contributed by atoms with Crippen LogP contribution >= 0.6 is 0 Å². The van der Waals surface area contributed by atoms with Gasteiger partial charge in [-0.1, -0.05) is 32.9 Å². The standard InChI is InChI=1S/C19H25FN4O2/c1-12(22-18(26)19(2,3)4)17(25)23-15(16-21-9-10-24(16)5)13-7-6-8-14(20)11-13/h6-12,15H,1-5H3,(H,22,26)(H,23,25)/t12-,15+/m0/s1. The highest BCUT2D eigenvalue weighted by Crippen LogP contribution is 2.21.